The van der Waals surface area contributed by atoms with Gasteiger partial charge in [-0.05, 0) is 47.9 Å². The lowest BCUT2D eigenvalue weighted by Crippen LogP contribution is -2.41. The van der Waals surface area contributed by atoms with Gasteiger partial charge in [0.05, 0.1) is 7.11 Å². The number of aryl methyl sites for hydroxylation is 1. The number of aliphatic imine (C=N–C) groups is 1. The van der Waals surface area contributed by atoms with E-state index < -0.39 is 5.54 Å². The summed E-state index contributed by atoms with van der Waals surface area (Å²) in [5.74, 6) is 0.787. The van der Waals surface area contributed by atoms with E-state index >= 15 is 0 Å². The smallest absolute Gasteiger partial charge is 0.266 e. The van der Waals surface area contributed by atoms with E-state index in [-0.39, 0.29) is 11.9 Å². The van der Waals surface area contributed by atoms with Gasteiger partial charge in [0.1, 0.15) is 5.75 Å². The number of nitrogens with zero attached hydrogens (tertiary/aromatic N) is 2. The quantitative estimate of drug-likeness (QED) is 0.879. The molecule has 1 aliphatic heterocycles. The molecule has 0 fully saturated rings. The first-order valence-corrected chi connectivity index (χ1v) is 8.24. The van der Waals surface area contributed by atoms with E-state index in [4.69, 9.17) is 10.5 Å². The average Bonchev–Trinajstić information content (AvgIpc) is 2.80. The molecule has 0 spiro atoms. The third kappa shape index (κ3) is 2.38. The average molecular weight is 388 g/mol. The molecule has 1 aliphatic rings. The van der Waals surface area contributed by atoms with Crippen LogP contribution in [0.25, 0.3) is 0 Å². The normalized spacial score (nSPS) is 20.2. The number of halogens is 1. The maximum atomic E-state index is 13.1. The fraction of sp³-hybridized carbons (Fsp3) is 0.222. The summed E-state index contributed by atoms with van der Waals surface area (Å²) in [6, 6.07) is 13.2. The van der Waals surface area contributed by atoms with Crippen molar-refractivity contribution in [3.05, 3.63) is 63.6 Å². The predicted molar refractivity (Wildman–Crippen MR) is 97.0 cm³/mol. The van der Waals surface area contributed by atoms with Gasteiger partial charge < -0.3 is 10.5 Å². The number of nitrogens with two attached hydrogens (primary N) is 1. The minimum atomic E-state index is -1.18. The summed E-state index contributed by atoms with van der Waals surface area (Å²) in [7, 11) is 3.26. The lowest BCUT2D eigenvalue weighted by Gasteiger charge is -2.27. The largest absolute Gasteiger partial charge is 0.496 e. The van der Waals surface area contributed by atoms with Crippen LogP contribution in [0.15, 0.2) is 51.9 Å². The number of ether oxygens (including phenoxy) is 1. The van der Waals surface area contributed by atoms with Gasteiger partial charge in [-0.3, -0.25) is 9.69 Å². The molecule has 1 amide bonds. The fourth-order valence-electron chi connectivity index (χ4n) is 3.00. The maximum Gasteiger partial charge on any atom is 0.266 e. The van der Waals surface area contributed by atoms with Crippen molar-refractivity contribution in [2.45, 2.75) is 12.5 Å². The van der Waals surface area contributed by atoms with Crippen LogP contribution in [0.5, 0.6) is 5.75 Å². The van der Waals surface area contributed by atoms with E-state index in [1.165, 1.54) is 4.90 Å². The van der Waals surface area contributed by atoms with Crippen LogP contribution < -0.4 is 10.5 Å². The lowest BCUT2D eigenvalue weighted by atomic mass is 9.82. The van der Waals surface area contributed by atoms with Gasteiger partial charge in [-0.2, -0.15) is 0 Å². The van der Waals surface area contributed by atoms with E-state index in [9.17, 15) is 4.79 Å². The number of hydrogen-bond donors (Lipinski definition) is 1. The topological polar surface area (TPSA) is 67.9 Å². The van der Waals surface area contributed by atoms with Crippen molar-refractivity contribution in [2.75, 3.05) is 14.2 Å². The van der Waals surface area contributed by atoms with Crippen molar-refractivity contribution in [1.82, 2.24) is 4.90 Å². The summed E-state index contributed by atoms with van der Waals surface area (Å²) in [4.78, 5) is 19.1. The Bertz CT molecular complexity index is 850. The third-order valence-electron chi connectivity index (χ3n) is 4.30. The molecule has 0 bridgehead atoms. The van der Waals surface area contributed by atoms with Gasteiger partial charge in [0.15, 0.2) is 11.5 Å². The van der Waals surface area contributed by atoms with E-state index in [2.05, 4.69) is 20.9 Å². The number of methoxy groups -OCH3 is 1. The Morgan fingerprint density at radius 2 is 1.92 bits per heavy atom. The van der Waals surface area contributed by atoms with Crippen LogP contribution >= 0.6 is 15.9 Å². The molecule has 0 aliphatic carbocycles. The second kappa shape index (κ2) is 5.94. The molecule has 2 aromatic carbocycles. The molecule has 1 atom stereocenters. The van der Waals surface area contributed by atoms with Gasteiger partial charge >= 0.3 is 0 Å². The molecule has 2 N–H and O–H groups in total. The van der Waals surface area contributed by atoms with E-state index in [1.54, 1.807) is 14.2 Å². The number of hydrogen-bond acceptors (Lipinski definition) is 4. The van der Waals surface area contributed by atoms with Crippen LogP contribution in [0.1, 0.15) is 16.7 Å². The Kier molecular flexibility index (Phi) is 4.09. The maximum absolute atomic E-state index is 13.1. The van der Waals surface area contributed by atoms with Crippen LogP contribution in [0, 0.1) is 6.92 Å². The first-order chi connectivity index (χ1) is 11.4. The highest BCUT2D eigenvalue weighted by molar-refractivity contribution is 9.10. The molecule has 24 heavy (non-hydrogen) atoms. The molecule has 124 valence electrons. The van der Waals surface area contributed by atoms with Gasteiger partial charge in [0.25, 0.3) is 5.91 Å². The molecular weight excluding hydrogens is 370 g/mol. The molecule has 3 rings (SSSR count). The lowest BCUT2D eigenvalue weighted by molar-refractivity contribution is -0.129. The zero-order valence-corrected chi connectivity index (χ0v) is 15.3. The highest BCUT2D eigenvalue weighted by Crippen LogP contribution is 2.41. The van der Waals surface area contributed by atoms with Crippen molar-refractivity contribution in [3.63, 3.8) is 0 Å². The van der Waals surface area contributed by atoms with Crippen LogP contribution in [-0.2, 0) is 10.3 Å². The second-order valence-electron chi connectivity index (χ2n) is 5.74. The molecule has 5 nitrogen and oxygen atoms in total. The van der Waals surface area contributed by atoms with Crippen LogP contribution in [0.3, 0.4) is 0 Å². The van der Waals surface area contributed by atoms with Gasteiger partial charge in [0.2, 0.25) is 0 Å². The zero-order chi connectivity index (χ0) is 17.5. The molecule has 6 heteroatoms. The van der Waals surface area contributed by atoms with Crippen molar-refractivity contribution >= 4 is 27.8 Å². The van der Waals surface area contributed by atoms with E-state index in [1.807, 2.05) is 49.4 Å². The predicted octanol–water partition coefficient (Wildman–Crippen LogP) is 2.80. The summed E-state index contributed by atoms with van der Waals surface area (Å²) >= 11 is 3.47. The number of benzene rings is 2. The SMILES string of the molecule is COc1ccc([C@@]2(c3cccc(Br)c3)N=C(N)N(C)C2=O)cc1C. The number of likely N-dealkylation sites (N-methyl/N-ethyl adjacent to an activating group) is 1. The minimum Gasteiger partial charge on any atom is -0.496 e. The van der Waals surface area contributed by atoms with Crippen molar-refractivity contribution < 1.29 is 9.53 Å². The van der Waals surface area contributed by atoms with Crippen LogP contribution in [0.4, 0.5) is 0 Å². The van der Waals surface area contributed by atoms with Crippen molar-refractivity contribution in [1.29, 1.82) is 0 Å². The summed E-state index contributed by atoms with van der Waals surface area (Å²) in [5, 5.41) is 0. The Morgan fingerprint density at radius 3 is 2.46 bits per heavy atom. The highest BCUT2D eigenvalue weighted by Gasteiger charge is 2.49. The Labute approximate surface area is 149 Å². The summed E-state index contributed by atoms with van der Waals surface area (Å²) in [6.45, 7) is 1.94. The number of guanidine groups is 1. The number of carbonyl (C=O) groups is 1. The standard InChI is InChI=1S/C18H18BrN3O2/c1-11-9-13(7-8-15(11)24-3)18(12-5-4-6-14(19)10-12)16(23)22(2)17(20)21-18/h4-10H,1-3H3,(H2,20,21)/t18-/m1/s1. The van der Waals surface area contributed by atoms with Gasteiger partial charge in [0, 0.05) is 11.5 Å². The summed E-state index contributed by atoms with van der Waals surface area (Å²) < 4.78 is 6.20. The molecule has 1 heterocycles. The molecule has 0 radical (unpaired) electrons. The Hall–Kier alpha value is -2.34. The van der Waals surface area contributed by atoms with Gasteiger partial charge in [-0.25, -0.2) is 4.99 Å². The van der Waals surface area contributed by atoms with Crippen molar-refractivity contribution in [3.8, 4) is 5.75 Å². The van der Waals surface area contributed by atoms with Gasteiger partial charge in [-0.15, -0.1) is 0 Å². The molecule has 0 saturated carbocycles. The highest BCUT2D eigenvalue weighted by atomic mass is 79.9. The van der Waals surface area contributed by atoms with E-state index in [0.29, 0.717) is 0 Å². The zero-order valence-electron chi connectivity index (χ0n) is 13.7. The number of amides is 1. The third-order valence-corrected chi connectivity index (χ3v) is 4.79. The molecule has 0 unspecified atom stereocenters. The monoisotopic (exact) mass is 387 g/mol. The van der Waals surface area contributed by atoms with Crippen LogP contribution in [0.2, 0.25) is 0 Å². The van der Waals surface area contributed by atoms with Gasteiger partial charge in [-0.1, -0.05) is 34.1 Å². The van der Waals surface area contributed by atoms with E-state index in [0.717, 1.165) is 26.9 Å². The number of carbonyl (C=O) groups excluding carboxylic acids is 1. The first-order valence-electron chi connectivity index (χ1n) is 7.45. The summed E-state index contributed by atoms with van der Waals surface area (Å²) in [5.41, 5.74) is 7.24. The first kappa shape index (κ1) is 16.5. The summed E-state index contributed by atoms with van der Waals surface area (Å²) in [6.07, 6.45) is 0. The Morgan fingerprint density at radius 1 is 1.21 bits per heavy atom. The minimum absolute atomic E-state index is 0.178. The number of rotatable bonds is 3. The molecule has 0 aromatic heterocycles. The molecular formula is C18H18BrN3O2. The Balaban J connectivity index is 2.29. The second-order valence-corrected chi connectivity index (χ2v) is 6.66. The molecule has 0 saturated heterocycles. The van der Waals surface area contributed by atoms with Crippen LogP contribution in [-0.4, -0.2) is 30.9 Å². The molecule has 2 aromatic rings. The fourth-order valence-corrected chi connectivity index (χ4v) is 3.40. The van der Waals surface area contributed by atoms with Crippen molar-refractivity contribution in [2.24, 2.45) is 10.7 Å².